The first kappa shape index (κ1) is 13.5. The van der Waals surface area contributed by atoms with Crippen LogP contribution in [-0.4, -0.2) is 6.10 Å². The van der Waals surface area contributed by atoms with E-state index in [9.17, 15) is 4.39 Å². The minimum absolute atomic E-state index is 0.229. The summed E-state index contributed by atoms with van der Waals surface area (Å²) in [7, 11) is 0. The zero-order chi connectivity index (χ0) is 13.0. The Morgan fingerprint density at radius 3 is 2.94 bits per heavy atom. The van der Waals surface area contributed by atoms with Gasteiger partial charge in [-0.15, -0.1) is 0 Å². The number of benzene rings is 1. The van der Waals surface area contributed by atoms with Crippen molar-refractivity contribution in [3.63, 3.8) is 0 Å². The Bertz CT molecular complexity index is 394. The molecular weight excluding hydrogens is 229 g/mol. The van der Waals surface area contributed by atoms with Crippen molar-refractivity contribution in [1.82, 2.24) is 0 Å². The standard InChI is InChI=1S/C15H22FNO/c1-11-3-2-4-14(7-11)18-10-12-5-6-15(16)13(8-12)9-17/h5-6,8,11,14H,2-4,7,9-10,17H2,1H3. The number of rotatable bonds is 4. The van der Waals surface area contributed by atoms with Crippen LogP contribution in [0.4, 0.5) is 4.39 Å². The molecule has 0 aliphatic heterocycles. The third-order valence-corrected chi connectivity index (χ3v) is 3.70. The first-order valence-corrected chi connectivity index (χ1v) is 6.78. The number of hydrogen-bond donors (Lipinski definition) is 1. The van der Waals surface area contributed by atoms with E-state index in [1.54, 1.807) is 6.07 Å². The van der Waals surface area contributed by atoms with Gasteiger partial charge in [0, 0.05) is 12.1 Å². The molecule has 100 valence electrons. The van der Waals surface area contributed by atoms with E-state index >= 15 is 0 Å². The summed E-state index contributed by atoms with van der Waals surface area (Å²) in [5, 5.41) is 0. The van der Waals surface area contributed by atoms with Gasteiger partial charge in [-0.3, -0.25) is 0 Å². The molecule has 1 fully saturated rings. The molecule has 1 aromatic carbocycles. The molecule has 0 aromatic heterocycles. The molecule has 1 aromatic rings. The molecule has 2 N–H and O–H groups in total. The molecule has 1 saturated carbocycles. The zero-order valence-electron chi connectivity index (χ0n) is 11.0. The number of halogens is 1. The van der Waals surface area contributed by atoms with Crippen molar-refractivity contribution in [2.24, 2.45) is 11.7 Å². The molecule has 3 heteroatoms. The van der Waals surface area contributed by atoms with Crippen LogP contribution >= 0.6 is 0 Å². The van der Waals surface area contributed by atoms with Crippen LogP contribution in [0.25, 0.3) is 0 Å². The first-order valence-electron chi connectivity index (χ1n) is 6.78. The normalized spacial score (nSPS) is 24.2. The molecule has 0 spiro atoms. The predicted molar refractivity (Wildman–Crippen MR) is 70.5 cm³/mol. The van der Waals surface area contributed by atoms with Crippen LogP contribution in [-0.2, 0) is 17.9 Å². The highest BCUT2D eigenvalue weighted by atomic mass is 19.1. The third kappa shape index (κ3) is 3.53. The van der Waals surface area contributed by atoms with Gasteiger partial charge in [-0.05, 0) is 36.5 Å². The van der Waals surface area contributed by atoms with E-state index in [0.29, 0.717) is 18.3 Å². The molecule has 2 atom stereocenters. The number of ether oxygens (including phenoxy) is 1. The van der Waals surface area contributed by atoms with Crippen LogP contribution in [0.15, 0.2) is 18.2 Å². The average Bonchev–Trinajstić information content (AvgIpc) is 2.38. The van der Waals surface area contributed by atoms with Crippen molar-refractivity contribution >= 4 is 0 Å². The summed E-state index contributed by atoms with van der Waals surface area (Å²) in [6, 6.07) is 5.06. The van der Waals surface area contributed by atoms with Crippen LogP contribution in [0.3, 0.4) is 0 Å². The van der Waals surface area contributed by atoms with Crippen molar-refractivity contribution in [2.45, 2.75) is 51.9 Å². The minimum Gasteiger partial charge on any atom is -0.374 e. The highest BCUT2D eigenvalue weighted by Gasteiger charge is 2.19. The van der Waals surface area contributed by atoms with Crippen molar-refractivity contribution < 1.29 is 9.13 Å². The van der Waals surface area contributed by atoms with E-state index in [1.807, 2.05) is 6.07 Å². The van der Waals surface area contributed by atoms with Gasteiger partial charge < -0.3 is 10.5 Å². The number of nitrogens with two attached hydrogens (primary N) is 1. The van der Waals surface area contributed by atoms with Gasteiger partial charge in [0.1, 0.15) is 5.82 Å². The maximum absolute atomic E-state index is 13.3. The van der Waals surface area contributed by atoms with Crippen LogP contribution in [0.1, 0.15) is 43.7 Å². The van der Waals surface area contributed by atoms with E-state index < -0.39 is 0 Å². The fourth-order valence-corrected chi connectivity index (χ4v) is 2.62. The molecule has 2 rings (SSSR count). The zero-order valence-corrected chi connectivity index (χ0v) is 11.0. The summed E-state index contributed by atoms with van der Waals surface area (Å²) in [6.45, 7) is 3.07. The minimum atomic E-state index is -0.229. The Kier molecular flexibility index (Phi) is 4.72. The van der Waals surface area contributed by atoms with Gasteiger partial charge in [-0.25, -0.2) is 4.39 Å². The van der Waals surface area contributed by atoms with Crippen LogP contribution < -0.4 is 5.73 Å². The van der Waals surface area contributed by atoms with Gasteiger partial charge in [0.25, 0.3) is 0 Å². The van der Waals surface area contributed by atoms with Crippen LogP contribution in [0.5, 0.6) is 0 Å². The van der Waals surface area contributed by atoms with Crippen molar-refractivity contribution in [1.29, 1.82) is 0 Å². The monoisotopic (exact) mass is 251 g/mol. The Morgan fingerprint density at radius 1 is 1.39 bits per heavy atom. The van der Waals surface area contributed by atoms with Crippen LogP contribution in [0, 0.1) is 11.7 Å². The fraction of sp³-hybridized carbons (Fsp3) is 0.600. The summed E-state index contributed by atoms with van der Waals surface area (Å²) in [5.74, 6) is 0.532. The molecular formula is C15H22FNO. The second-order valence-corrected chi connectivity index (χ2v) is 5.33. The van der Waals surface area contributed by atoms with Crippen LogP contribution in [0.2, 0.25) is 0 Å². The van der Waals surface area contributed by atoms with Crippen molar-refractivity contribution in [3.8, 4) is 0 Å². The lowest BCUT2D eigenvalue weighted by Gasteiger charge is -2.26. The van der Waals surface area contributed by atoms with E-state index in [-0.39, 0.29) is 12.4 Å². The van der Waals surface area contributed by atoms with E-state index in [2.05, 4.69) is 6.92 Å². The Hall–Kier alpha value is -0.930. The SMILES string of the molecule is CC1CCCC(OCc2ccc(F)c(CN)c2)C1. The first-order chi connectivity index (χ1) is 8.69. The molecule has 2 nitrogen and oxygen atoms in total. The lowest BCUT2D eigenvalue weighted by molar-refractivity contribution is 0.00462. The van der Waals surface area contributed by atoms with Crippen molar-refractivity contribution in [2.75, 3.05) is 0 Å². The van der Waals surface area contributed by atoms with E-state index in [4.69, 9.17) is 10.5 Å². The molecule has 0 radical (unpaired) electrons. The van der Waals surface area contributed by atoms with Gasteiger partial charge in [0.2, 0.25) is 0 Å². The molecule has 2 unspecified atom stereocenters. The lowest BCUT2D eigenvalue weighted by Crippen LogP contribution is -2.21. The predicted octanol–water partition coefficient (Wildman–Crippen LogP) is 3.38. The van der Waals surface area contributed by atoms with Gasteiger partial charge in [-0.2, -0.15) is 0 Å². The van der Waals surface area contributed by atoms with Gasteiger partial charge in [0.05, 0.1) is 12.7 Å². The van der Waals surface area contributed by atoms with Crippen molar-refractivity contribution in [3.05, 3.63) is 35.1 Å². The van der Waals surface area contributed by atoms with Gasteiger partial charge in [-0.1, -0.05) is 25.8 Å². The second-order valence-electron chi connectivity index (χ2n) is 5.33. The molecule has 1 aliphatic carbocycles. The van der Waals surface area contributed by atoms with E-state index in [0.717, 1.165) is 24.3 Å². The highest BCUT2D eigenvalue weighted by molar-refractivity contribution is 5.24. The number of hydrogen-bond acceptors (Lipinski definition) is 2. The molecule has 1 aliphatic rings. The smallest absolute Gasteiger partial charge is 0.127 e. The van der Waals surface area contributed by atoms with Gasteiger partial charge in [0.15, 0.2) is 0 Å². The Morgan fingerprint density at radius 2 is 2.22 bits per heavy atom. The van der Waals surface area contributed by atoms with E-state index in [1.165, 1.54) is 18.9 Å². The summed E-state index contributed by atoms with van der Waals surface area (Å²) < 4.78 is 19.2. The topological polar surface area (TPSA) is 35.2 Å². The quantitative estimate of drug-likeness (QED) is 0.890. The summed E-state index contributed by atoms with van der Waals surface area (Å²) in [6.07, 6.45) is 5.22. The second kappa shape index (κ2) is 6.30. The summed E-state index contributed by atoms with van der Waals surface area (Å²) >= 11 is 0. The largest absolute Gasteiger partial charge is 0.374 e. The molecule has 0 heterocycles. The maximum atomic E-state index is 13.3. The summed E-state index contributed by atoms with van der Waals surface area (Å²) in [5.41, 5.74) is 7.07. The molecule has 0 amide bonds. The highest BCUT2D eigenvalue weighted by Crippen LogP contribution is 2.26. The fourth-order valence-electron chi connectivity index (χ4n) is 2.62. The molecule has 18 heavy (non-hydrogen) atoms. The summed E-state index contributed by atoms with van der Waals surface area (Å²) in [4.78, 5) is 0. The third-order valence-electron chi connectivity index (χ3n) is 3.70. The Labute approximate surface area is 108 Å². The lowest BCUT2D eigenvalue weighted by atomic mass is 9.89. The van der Waals surface area contributed by atoms with Gasteiger partial charge >= 0.3 is 0 Å². The molecule has 0 saturated heterocycles. The Balaban J connectivity index is 1.89. The maximum Gasteiger partial charge on any atom is 0.127 e. The average molecular weight is 251 g/mol. The molecule has 0 bridgehead atoms.